The maximum Gasteiger partial charge on any atom is 0.314 e. The van der Waals surface area contributed by atoms with Crippen LogP contribution in [0.4, 0.5) is 20.2 Å². The van der Waals surface area contributed by atoms with Gasteiger partial charge in [0.25, 0.3) is 5.89 Å². The average molecular weight is 866 g/mol. The van der Waals surface area contributed by atoms with Crippen molar-refractivity contribution in [2.24, 2.45) is 5.73 Å². The minimum Gasteiger partial charge on any atom is -0.415 e. The molecule has 2 aromatic carbocycles. The highest BCUT2D eigenvalue weighted by molar-refractivity contribution is 7.93. The van der Waals surface area contributed by atoms with Crippen LogP contribution < -0.4 is 14.3 Å². The molecule has 2 N–H and O–H groups in total. The third kappa shape index (κ3) is 11.3. The first-order valence-electron chi connectivity index (χ1n) is 15.6. The number of sulfonamides is 2. The predicted octanol–water partition coefficient (Wildman–Crippen LogP) is 7.62. The molecule has 13 nitrogen and oxygen atoms in total. The Labute approximate surface area is 330 Å². The molecule has 54 heavy (non-hydrogen) atoms. The van der Waals surface area contributed by atoms with E-state index in [0.717, 1.165) is 4.31 Å². The molecule has 5 rings (SSSR count). The summed E-state index contributed by atoms with van der Waals surface area (Å²) < 4.78 is 82.5. The fourth-order valence-corrected chi connectivity index (χ4v) is 7.72. The van der Waals surface area contributed by atoms with Crippen molar-refractivity contribution < 1.29 is 34.8 Å². The number of pyridine rings is 2. The molecule has 3 heterocycles. The number of carbonyl (C=O) groups excluding carboxylic acids is 1. The molecular formula is C33H31Cl4F2N7O6S2. The van der Waals surface area contributed by atoms with Crippen molar-refractivity contribution in [3.8, 4) is 11.5 Å². The fourth-order valence-electron chi connectivity index (χ4n) is 4.56. The molecule has 0 atom stereocenters. The average Bonchev–Trinajstić information content (AvgIpc) is 3.63. The Morgan fingerprint density at radius 1 is 0.741 bits per heavy atom. The zero-order chi connectivity index (χ0) is 39.8. The van der Waals surface area contributed by atoms with E-state index in [-0.39, 0.29) is 42.8 Å². The molecule has 0 aliphatic rings. The first-order valence-corrected chi connectivity index (χ1v) is 20.4. The van der Waals surface area contributed by atoms with E-state index in [0.29, 0.717) is 54.0 Å². The Balaban J connectivity index is 0.000000244. The lowest BCUT2D eigenvalue weighted by atomic mass is 10.2. The Kier molecular flexibility index (Phi) is 14.7. The van der Waals surface area contributed by atoms with E-state index in [4.69, 9.17) is 56.6 Å². The lowest BCUT2D eigenvalue weighted by Crippen LogP contribution is -2.32. The Morgan fingerprint density at radius 3 is 1.56 bits per heavy atom. The summed E-state index contributed by atoms with van der Waals surface area (Å²) in [5.74, 6) is -1.38. The number of benzene rings is 2. The van der Waals surface area contributed by atoms with Gasteiger partial charge in [0.2, 0.25) is 25.9 Å². The first kappa shape index (κ1) is 42.8. The van der Waals surface area contributed by atoms with Gasteiger partial charge in [0.05, 0.1) is 59.5 Å². The molecule has 0 amide bonds. The molecule has 3 aromatic heterocycles. The molecule has 0 spiro atoms. The SMILES string of the molecule is CCS(=O)(=O)N(Cc1ccc(-c2nnc(C(F)F)o2)cn1)c1cc(Cl)cc(Cl)c1.CCS(=O)(=O)N(Cc1ccc(C(=O)CN)cn1)c1cc(Cl)cc(Cl)c1. The number of Topliss-reactive ketones (excluding diaryl/α,β-unsaturated/α-hetero) is 1. The molecule has 0 aliphatic carbocycles. The summed E-state index contributed by atoms with van der Waals surface area (Å²) in [7, 11) is -7.25. The molecule has 288 valence electrons. The highest BCUT2D eigenvalue weighted by Gasteiger charge is 2.24. The Hall–Kier alpha value is -3.97. The predicted molar refractivity (Wildman–Crippen MR) is 204 cm³/mol. The number of hydrogen-bond donors (Lipinski definition) is 1. The molecule has 0 aliphatic heterocycles. The number of aromatic nitrogens is 4. The largest absolute Gasteiger partial charge is 0.415 e. The van der Waals surface area contributed by atoms with Crippen LogP contribution in [0.2, 0.25) is 20.1 Å². The van der Waals surface area contributed by atoms with Gasteiger partial charge in [-0.15, -0.1) is 10.2 Å². The van der Waals surface area contributed by atoms with Crippen molar-refractivity contribution in [2.45, 2.75) is 33.4 Å². The quantitative estimate of drug-likeness (QED) is 0.108. The first-order chi connectivity index (χ1) is 25.5. The summed E-state index contributed by atoms with van der Waals surface area (Å²) in [5.41, 5.74) is 7.53. The van der Waals surface area contributed by atoms with Crippen molar-refractivity contribution in [1.29, 1.82) is 0 Å². The number of halogens is 6. The highest BCUT2D eigenvalue weighted by Crippen LogP contribution is 2.30. The number of nitrogens with two attached hydrogens (primary N) is 1. The lowest BCUT2D eigenvalue weighted by molar-refractivity contribution is 0.100. The van der Waals surface area contributed by atoms with Gasteiger partial charge < -0.3 is 10.2 Å². The van der Waals surface area contributed by atoms with Crippen molar-refractivity contribution in [1.82, 2.24) is 20.2 Å². The molecule has 0 fully saturated rings. The number of nitrogens with zero attached hydrogens (tertiary/aromatic N) is 6. The Bertz CT molecular complexity index is 2260. The second-order valence-corrected chi connectivity index (χ2v) is 17.1. The summed E-state index contributed by atoms with van der Waals surface area (Å²) in [5, 5.41) is 8.04. The van der Waals surface area contributed by atoms with Gasteiger partial charge in [0, 0.05) is 38.0 Å². The fraction of sp³-hybridized carbons (Fsp3) is 0.242. The van der Waals surface area contributed by atoms with Crippen LogP contribution >= 0.6 is 46.4 Å². The molecule has 0 saturated heterocycles. The summed E-state index contributed by atoms with van der Waals surface area (Å²) >= 11 is 24.0. The number of ketones is 1. The maximum atomic E-state index is 12.6. The topological polar surface area (TPSA) is 183 Å². The van der Waals surface area contributed by atoms with Crippen LogP contribution in [-0.2, 0) is 33.1 Å². The van der Waals surface area contributed by atoms with Crippen molar-refractivity contribution in [3.63, 3.8) is 0 Å². The van der Waals surface area contributed by atoms with Gasteiger partial charge in [0.1, 0.15) is 0 Å². The molecule has 0 saturated carbocycles. The van der Waals surface area contributed by atoms with Crippen LogP contribution in [0.3, 0.4) is 0 Å². The second kappa shape index (κ2) is 18.6. The van der Waals surface area contributed by atoms with E-state index in [1.165, 1.54) is 72.2 Å². The summed E-state index contributed by atoms with van der Waals surface area (Å²) in [6.45, 7) is 2.85. The van der Waals surface area contributed by atoms with Gasteiger partial charge in [-0.3, -0.25) is 23.4 Å². The molecule has 0 radical (unpaired) electrons. The molecule has 0 bridgehead atoms. The standard InChI is InChI=1S/C17H14Cl2F2N4O3S.C16H17Cl2N3O3S/c1-2-29(26,27)25(14-6-11(18)5-12(19)7-14)9-13-4-3-10(8-22-13)16-23-24-17(28-16)15(20)21;1-2-25(23,24)21(15-6-12(17)5-13(18)7-15)10-14-4-3-11(9-20-14)16(22)8-19/h3-8,15H,2,9H2,1H3;3-7,9H,2,8,10,19H2,1H3. The normalized spacial score (nSPS) is 11.6. The molecule has 0 unspecified atom stereocenters. The van der Waals surface area contributed by atoms with Gasteiger partial charge in [-0.1, -0.05) is 46.4 Å². The van der Waals surface area contributed by atoms with Gasteiger partial charge >= 0.3 is 6.43 Å². The van der Waals surface area contributed by atoms with Crippen LogP contribution in [0.15, 0.2) is 77.5 Å². The third-order valence-electron chi connectivity index (χ3n) is 7.31. The van der Waals surface area contributed by atoms with Gasteiger partial charge in [0.15, 0.2) is 5.78 Å². The van der Waals surface area contributed by atoms with Crippen LogP contribution in [0.5, 0.6) is 0 Å². The molecule has 5 aromatic rings. The molecular weight excluding hydrogens is 834 g/mol. The second-order valence-electron chi connectivity index (χ2n) is 11.0. The zero-order valence-corrected chi connectivity index (χ0v) is 33.0. The van der Waals surface area contributed by atoms with Crippen molar-refractivity contribution in [2.75, 3.05) is 26.7 Å². The summed E-state index contributed by atoms with van der Waals surface area (Å²) in [6.07, 6.45) is -0.160. The van der Waals surface area contributed by atoms with E-state index in [1.54, 1.807) is 19.1 Å². The monoisotopic (exact) mass is 863 g/mol. The van der Waals surface area contributed by atoms with Gasteiger partial charge in [-0.25, -0.2) is 16.8 Å². The maximum absolute atomic E-state index is 12.6. The van der Waals surface area contributed by atoms with E-state index < -0.39 is 32.4 Å². The summed E-state index contributed by atoms with van der Waals surface area (Å²) in [4.78, 5) is 19.9. The number of alkyl halides is 2. The number of rotatable bonds is 14. The van der Waals surface area contributed by atoms with Crippen molar-refractivity contribution in [3.05, 3.63) is 116 Å². The van der Waals surface area contributed by atoms with Gasteiger partial charge in [-0.05, 0) is 74.5 Å². The minimum absolute atomic E-state index is 0.00998. The van der Waals surface area contributed by atoms with Crippen LogP contribution in [0.1, 0.15) is 47.9 Å². The van der Waals surface area contributed by atoms with E-state index in [1.807, 2.05) is 0 Å². The number of carbonyl (C=O) groups is 1. The van der Waals surface area contributed by atoms with Crippen LogP contribution in [0, 0.1) is 0 Å². The Morgan fingerprint density at radius 2 is 1.20 bits per heavy atom. The van der Waals surface area contributed by atoms with Gasteiger partial charge in [-0.2, -0.15) is 8.78 Å². The number of hydrogen-bond acceptors (Lipinski definition) is 11. The van der Waals surface area contributed by atoms with Crippen molar-refractivity contribution >= 4 is 83.6 Å². The van der Waals surface area contributed by atoms with E-state index in [2.05, 4.69) is 20.2 Å². The molecule has 21 heteroatoms. The van der Waals surface area contributed by atoms with E-state index >= 15 is 0 Å². The number of anilines is 2. The van der Waals surface area contributed by atoms with Crippen LogP contribution in [0.25, 0.3) is 11.5 Å². The summed E-state index contributed by atoms with van der Waals surface area (Å²) in [6, 6.07) is 15.2. The third-order valence-corrected chi connectivity index (χ3v) is 11.7. The van der Waals surface area contributed by atoms with Crippen LogP contribution in [-0.4, -0.2) is 60.8 Å². The smallest absolute Gasteiger partial charge is 0.314 e. The van der Waals surface area contributed by atoms with E-state index in [9.17, 15) is 30.4 Å². The lowest BCUT2D eigenvalue weighted by Gasteiger charge is -2.24. The highest BCUT2D eigenvalue weighted by atomic mass is 35.5. The minimum atomic E-state index is -3.66. The zero-order valence-electron chi connectivity index (χ0n) is 28.3.